The third kappa shape index (κ3) is 7.30. The summed E-state index contributed by atoms with van der Waals surface area (Å²) in [5, 5.41) is 8.88. The second-order valence-electron chi connectivity index (χ2n) is 6.55. The number of hydrogen-bond donors (Lipinski definition) is 2. The number of carbonyl (C=O) groups is 2. The average Bonchev–Trinajstić information content (AvgIpc) is 3.17. The van der Waals surface area contributed by atoms with Gasteiger partial charge in [-0.3, -0.25) is 9.59 Å². The highest BCUT2D eigenvalue weighted by Crippen LogP contribution is 2.27. The van der Waals surface area contributed by atoms with E-state index in [4.69, 9.17) is 16.3 Å². The normalized spacial score (nSPS) is 11.7. The number of thiazole rings is 1. The number of nitrogens with one attached hydrogen (secondary N) is 2. The molecular weight excluding hydrogens is 412 g/mol. The molecular formula is C20H27ClN4O3S. The predicted molar refractivity (Wildman–Crippen MR) is 117 cm³/mol. The number of halogens is 1. The molecule has 0 radical (unpaired) electrons. The highest BCUT2D eigenvalue weighted by atomic mass is 35.5. The lowest BCUT2D eigenvalue weighted by molar-refractivity contribution is -0.121. The van der Waals surface area contributed by atoms with E-state index in [1.54, 1.807) is 23.5 Å². The van der Waals surface area contributed by atoms with Crippen molar-refractivity contribution in [3.05, 3.63) is 40.4 Å². The molecule has 1 atom stereocenters. The van der Waals surface area contributed by atoms with Gasteiger partial charge in [-0.1, -0.05) is 30.7 Å². The molecule has 1 aromatic heterocycles. The van der Waals surface area contributed by atoms with E-state index in [-0.39, 0.29) is 24.3 Å². The SMILES string of the molecule is CC[C@@H](C)NC(=O)CCN(CCOC)C(=O)c1csc(Nc2ccccc2Cl)n1. The summed E-state index contributed by atoms with van der Waals surface area (Å²) in [4.78, 5) is 30.9. The summed E-state index contributed by atoms with van der Waals surface area (Å²) in [6.45, 7) is 5.03. The molecule has 0 bridgehead atoms. The van der Waals surface area contributed by atoms with Crippen LogP contribution in [-0.4, -0.2) is 54.5 Å². The summed E-state index contributed by atoms with van der Waals surface area (Å²) in [7, 11) is 1.58. The Hall–Kier alpha value is -2.16. The number of rotatable bonds is 11. The number of anilines is 2. The van der Waals surface area contributed by atoms with Crippen LogP contribution in [0.25, 0.3) is 0 Å². The van der Waals surface area contributed by atoms with Crippen LogP contribution in [0.5, 0.6) is 0 Å². The van der Waals surface area contributed by atoms with Gasteiger partial charge in [0.2, 0.25) is 5.91 Å². The minimum Gasteiger partial charge on any atom is -0.383 e. The number of methoxy groups -OCH3 is 1. The summed E-state index contributed by atoms with van der Waals surface area (Å²) in [5.41, 5.74) is 1.04. The second-order valence-corrected chi connectivity index (χ2v) is 7.82. The number of para-hydroxylation sites is 1. The fraction of sp³-hybridized carbons (Fsp3) is 0.450. The minimum atomic E-state index is -0.234. The van der Waals surface area contributed by atoms with Crippen molar-refractivity contribution in [1.82, 2.24) is 15.2 Å². The number of benzene rings is 1. The van der Waals surface area contributed by atoms with Crippen LogP contribution in [0, 0.1) is 0 Å². The Morgan fingerprint density at radius 3 is 2.76 bits per heavy atom. The molecule has 1 heterocycles. The minimum absolute atomic E-state index is 0.0751. The van der Waals surface area contributed by atoms with Crippen molar-refractivity contribution in [2.45, 2.75) is 32.7 Å². The lowest BCUT2D eigenvalue weighted by Crippen LogP contribution is -2.39. The molecule has 2 N–H and O–H groups in total. The molecule has 0 unspecified atom stereocenters. The fourth-order valence-corrected chi connectivity index (χ4v) is 3.35. The lowest BCUT2D eigenvalue weighted by Gasteiger charge is -2.21. The number of nitrogens with zero attached hydrogens (tertiary/aromatic N) is 2. The van der Waals surface area contributed by atoms with Gasteiger partial charge in [0.25, 0.3) is 5.91 Å². The third-order valence-corrected chi connectivity index (χ3v) is 5.41. The first kappa shape index (κ1) is 23.1. The Kier molecular flexibility index (Phi) is 9.37. The number of ether oxygens (including phenoxy) is 1. The zero-order valence-corrected chi connectivity index (χ0v) is 18.5. The van der Waals surface area contributed by atoms with E-state index in [1.165, 1.54) is 11.3 Å². The van der Waals surface area contributed by atoms with Crippen molar-refractivity contribution in [2.24, 2.45) is 0 Å². The Morgan fingerprint density at radius 2 is 2.07 bits per heavy atom. The van der Waals surface area contributed by atoms with Crippen LogP contribution in [0.1, 0.15) is 37.2 Å². The molecule has 1 aromatic carbocycles. The number of amides is 2. The predicted octanol–water partition coefficient (Wildman–Crippen LogP) is 3.93. The Balaban J connectivity index is 2.02. The standard InChI is InChI=1S/C20H27ClN4O3S/c1-4-14(2)22-18(26)9-10-25(11-12-28-3)19(27)17-13-29-20(24-17)23-16-8-6-5-7-15(16)21/h5-8,13-14H,4,9-12H2,1-3H3,(H,22,26)(H,23,24)/t14-/m1/s1. The maximum atomic E-state index is 12.9. The summed E-state index contributed by atoms with van der Waals surface area (Å²) in [6.07, 6.45) is 1.09. The smallest absolute Gasteiger partial charge is 0.273 e. The topological polar surface area (TPSA) is 83.6 Å². The molecule has 29 heavy (non-hydrogen) atoms. The molecule has 2 aromatic rings. The van der Waals surface area contributed by atoms with Gasteiger partial charge in [-0.2, -0.15) is 0 Å². The van der Waals surface area contributed by atoms with E-state index >= 15 is 0 Å². The molecule has 0 spiro atoms. The zero-order chi connectivity index (χ0) is 21.2. The first-order chi connectivity index (χ1) is 13.9. The molecule has 9 heteroatoms. The van der Waals surface area contributed by atoms with Gasteiger partial charge < -0.3 is 20.3 Å². The van der Waals surface area contributed by atoms with Crippen LogP contribution in [-0.2, 0) is 9.53 Å². The largest absolute Gasteiger partial charge is 0.383 e. The highest BCUT2D eigenvalue weighted by molar-refractivity contribution is 7.14. The Labute approximate surface area is 180 Å². The van der Waals surface area contributed by atoms with Gasteiger partial charge in [0.05, 0.1) is 17.3 Å². The summed E-state index contributed by atoms with van der Waals surface area (Å²) in [5.74, 6) is -0.309. The molecule has 7 nitrogen and oxygen atoms in total. The van der Waals surface area contributed by atoms with Crippen LogP contribution in [0.4, 0.5) is 10.8 Å². The van der Waals surface area contributed by atoms with Crippen LogP contribution in [0.2, 0.25) is 5.02 Å². The number of aromatic nitrogens is 1. The van der Waals surface area contributed by atoms with Gasteiger partial charge in [0.1, 0.15) is 5.69 Å². The van der Waals surface area contributed by atoms with Gasteiger partial charge >= 0.3 is 0 Å². The lowest BCUT2D eigenvalue weighted by atomic mass is 10.2. The molecule has 0 aliphatic rings. The van der Waals surface area contributed by atoms with Gasteiger partial charge in [-0.05, 0) is 25.5 Å². The molecule has 2 amide bonds. The van der Waals surface area contributed by atoms with Crippen LogP contribution >= 0.6 is 22.9 Å². The van der Waals surface area contributed by atoms with Crippen LogP contribution in [0.15, 0.2) is 29.6 Å². The van der Waals surface area contributed by atoms with E-state index < -0.39 is 0 Å². The molecule has 0 aliphatic heterocycles. The maximum Gasteiger partial charge on any atom is 0.273 e. The van der Waals surface area contributed by atoms with Crippen molar-refractivity contribution in [1.29, 1.82) is 0 Å². The maximum absolute atomic E-state index is 12.9. The van der Waals surface area contributed by atoms with Gasteiger partial charge in [0, 0.05) is 38.0 Å². The number of carbonyl (C=O) groups excluding carboxylic acids is 2. The first-order valence-corrected chi connectivity index (χ1v) is 10.7. The fourth-order valence-electron chi connectivity index (χ4n) is 2.47. The van der Waals surface area contributed by atoms with E-state index in [0.717, 1.165) is 12.1 Å². The molecule has 0 aliphatic carbocycles. The van der Waals surface area contributed by atoms with E-state index in [1.807, 2.05) is 32.0 Å². The van der Waals surface area contributed by atoms with Crippen molar-refractivity contribution >= 4 is 45.6 Å². The Morgan fingerprint density at radius 1 is 1.31 bits per heavy atom. The van der Waals surface area contributed by atoms with E-state index in [9.17, 15) is 9.59 Å². The monoisotopic (exact) mass is 438 g/mol. The number of hydrogen-bond acceptors (Lipinski definition) is 6. The first-order valence-electron chi connectivity index (χ1n) is 9.49. The van der Waals surface area contributed by atoms with Crippen LogP contribution in [0.3, 0.4) is 0 Å². The van der Waals surface area contributed by atoms with E-state index in [2.05, 4.69) is 15.6 Å². The molecule has 0 saturated heterocycles. The van der Waals surface area contributed by atoms with Crippen molar-refractivity contribution in [2.75, 3.05) is 32.1 Å². The molecule has 0 saturated carbocycles. The average molecular weight is 439 g/mol. The van der Waals surface area contributed by atoms with Crippen molar-refractivity contribution in [3.63, 3.8) is 0 Å². The van der Waals surface area contributed by atoms with Crippen molar-refractivity contribution in [3.8, 4) is 0 Å². The highest BCUT2D eigenvalue weighted by Gasteiger charge is 2.20. The van der Waals surface area contributed by atoms with Crippen LogP contribution < -0.4 is 10.6 Å². The molecule has 158 valence electrons. The Bertz CT molecular complexity index is 815. The summed E-state index contributed by atoms with van der Waals surface area (Å²) >= 11 is 7.48. The zero-order valence-electron chi connectivity index (χ0n) is 16.9. The quantitative estimate of drug-likeness (QED) is 0.555. The molecule has 2 rings (SSSR count). The molecule has 0 fully saturated rings. The van der Waals surface area contributed by atoms with E-state index in [0.29, 0.717) is 35.5 Å². The van der Waals surface area contributed by atoms with Gasteiger partial charge in [-0.15, -0.1) is 11.3 Å². The van der Waals surface area contributed by atoms with Crippen molar-refractivity contribution < 1.29 is 14.3 Å². The summed E-state index contributed by atoms with van der Waals surface area (Å²) < 4.78 is 5.11. The van der Waals surface area contributed by atoms with Gasteiger partial charge in [0.15, 0.2) is 5.13 Å². The van der Waals surface area contributed by atoms with Gasteiger partial charge in [-0.25, -0.2) is 4.98 Å². The second kappa shape index (κ2) is 11.7. The summed E-state index contributed by atoms with van der Waals surface area (Å²) in [6, 6.07) is 7.44. The third-order valence-electron chi connectivity index (χ3n) is 4.32.